The lowest BCUT2D eigenvalue weighted by Gasteiger charge is -2.43. The summed E-state index contributed by atoms with van der Waals surface area (Å²) in [5.74, 6) is -10.6. The maximum atomic E-state index is 15.8. The number of hydrogen-bond acceptors (Lipinski definition) is 12. The Labute approximate surface area is 595 Å². The van der Waals surface area contributed by atoms with E-state index in [4.69, 9.17) is 11.6 Å². The third-order valence-electron chi connectivity index (χ3n) is 22.9. The van der Waals surface area contributed by atoms with Gasteiger partial charge in [0, 0.05) is 74.3 Å². The highest BCUT2D eigenvalue weighted by atomic mass is 35.5. The Bertz CT molecular complexity index is 2900. The van der Waals surface area contributed by atoms with E-state index in [9.17, 15) is 41.9 Å². The summed E-state index contributed by atoms with van der Waals surface area (Å²) in [6.45, 7) is 6.40. The first kappa shape index (κ1) is 81.0. The lowest BCUT2D eigenvalue weighted by Crippen LogP contribution is -2.65. The summed E-state index contributed by atoms with van der Waals surface area (Å²) in [4.78, 5) is 191. The van der Waals surface area contributed by atoms with E-state index in [1.807, 2.05) is 13.8 Å². The molecule has 12 amide bonds. The molecule has 7 aliphatic rings. The molecule has 4 aliphatic carbocycles. The molecule has 0 aromatic heterocycles. The molecule has 3 heterocycles. The van der Waals surface area contributed by atoms with Crippen molar-refractivity contribution in [2.45, 2.75) is 260 Å². The van der Waals surface area contributed by atoms with Gasteiger partial charge in [-0.05, 0) is 132 Å². The third-order valence-corrected chi connectivity index (χ3v) is 23.4. The number of likely N-dealkylation sites (N-methyl/N-ethyl adjacent to an activating group) is 7. The number of likely N-dealkylation sites (tertiary alicyclic amines) is 1. The van der Waals surface area contributed by atoms with E-state index < -0.39 is 174 Å². The predicted molar refractivity (Wildman–Crippen MR) is 370 cm³/mol. The van der Waals surface area contributed by atoms with Crippen molar-refractivity contribution < 1.29 is 70.7 Å². The first-order valence-electron chi connectivity index (χ1n) is 37.2. The first-order chi connectivity index (χ1) is 47.2. The Morgan fingerprint density at radius 2 is 1.15 bits per heavy atom. The Kier molecular flexibility index (Phi) is 29.4. The fourth-order valence-electron chi connectivity index (χ4n) is 16.7. The van der Waals surface area contributed by atoms with E-state index in [0.29, 0.717) is 58.0 Å². The fourth-order valence-corrected chi connectivity index (χ4v) is 17.2. The van der Waals surface area contributed by atoms with Crippen molar-refractivity contribution in [3.05, 3.63) is 0 Å². The monoisotopic (exact) mass is 1430 g/mol. The minimum atomic E-state index is -4.51. The molecule has 0 bridgehead atoms. The number of carbonyl (C=O) groups excluding carboxylic acids is 12. The molecule has 7 rings (SSSR count). The number of carbonyl (C=O) groups is 12. The van der Waals surface area contributed by atoms with Crippen LogP contribution < -0.4 is 16.0 Å². The molecule has 0 aromatic rings. The Morgan fingerprint density at radius 3 is 1.75 bits per heavy atom. The number of amides is 12. The molecule has 3 aliphatic heterocycles. The molecule has 24 nitrogen and oxygen atoms in total. The molecule has 7 fully saturated rings. The summed E-state index contributed by atoms with van der Waals surface area (Å²) in [6, 6.07) is -8.52. The number of halogens is 4. The second kappa shape index (κ2) is 36.2. The molecule has 0 aromatic carbocycles. The summed E-state index contributed by atoms with van der Waals surface area (Å²) in [5.41, 5.74) is -1.55. The van der Waals surface area contributed by atoms with Gasteiger partial charge in [0.15, 0.2) is 0 Å². The number of nitrogens with one attached hydrogen (secondary N) is 3. The summed E-state index contributed by atoms with van der Waals surface area (Å²) >= 11 is 6.41. The molecule has 564 valence electrons. The van der Waals surface area contributed by atoms with Crippen LogP contribution in [0.15, 0.2) is 0 Å². The van der Waals surface area contributed by atoms with E-state index in [2.05, 4.69) is 16.0 Å². The average Bonchev–Trinajstić information content (AvgIpc) is 1.54. The van der Waals surface area contributed by atoms with E-state index in [-0.39, 0.29) is 88.5 Å². The Hall–Kier alpha value is -6.28. The van der Waals surface area contributed by atoms with Gasteiger partial charge in [0.05, 0.1) is 32.0 Å². The molecule has 4 saturated carbocycles. The first-order valence-corrected chi connectivity index (χ1v) is 37.6. The SMILES string of the molecule is CC(C)C[C@H]1C(=O)N[C@@H](C(C)C)C(=O)N(C)CC(=O)N(C)CC(=O)N(C)[C@@H](CC2CCCCC2)C(=O)N(C)CC(=O)N[C@@H](CCC2CCC(C(F)(F)F)C(Cl)C2)C(=O)N2CCC[C@H]2C(=O)NC2(CCCC2)C(=O)N(C)[C@@H](C2CCCCC2)C(=O)N(C)[C@H](C(=O)N2CCCCC2)CC(=O)N1C. The van der Waals surface area contributed by atoms with Gasteiger partial charge in [-0.2, -0.15) is 13.2 Å². The minimum Gasteiger partial charge on any atom is -0.343 e. The highest BCUT2D eigenvalue weighted by molar-refractivity contribution is 6.21. The standard InChI is InChI=1S/C72H116ClF3N12O12/c1-45(2)38-54-63(93)78-61(46(3)4)68(98)82(7)43-59(91)80(5)44-60(92)84(9)55(40-47-24-15-12-16-25-47)66(96)81(6)42-57(89)77-52(32-30-48-29-31-50(51(73)39-48)72(74,75)76)65(95)88-37-23-28-53(88)64(94)79-71(33-19-20-34-71)70(100)86(11)62(49-26-17-13-18-27-49)69(99)85(10)56(41-58(90)83(54)8)67(97)87-35-21-14-22-36-87/h45-56,61-62H,12-44H2,1-11H3,(H,77,89)(H,78,93)(H,79,94)/t48?,50?,51?,52-,53-,54-,55-,56-,61-,62-/m0/s1. The summed E-state index contributed by atoms with van der Waals surface area (Å²) in [5, 5.41) is 7.59. The molecule has 10 atom stereocenters. The number of rotatable bonds is 10. The molecule has 0 radical (unpaired) electrons. The van der Waals surface area contributed by atoms with Crippen molar-refractivity contribution in [1.82, 2.24) is 60.0 Å². The molecule has 100 heavy (non-hydrogen) atoms. The highest BCUT2D eigenvalue weighted by Crippen LogP contribution is 2.44. The molecular formula is C72H116ClF3N12O12. The zero-order valence-corrected chi connectivity index (χ0v) is 62.1. The van der Waals surface area contributed by atoms with Gasteiger partial charge in [0.25, 0.3) is 0 Å². The van der Waals surface area contributed by atoms with E-state index in [0.717, 1.165) is 72.5 Å². The van der Waals surface area contributed by atoms with Crippen LogP contribution in [-0.2, 0) is 57.5 Å². The average molecular weight is 1430 g/mol. The van der Waals surface area contributed by atoms with Crippen molar-refractivity contribution in [3.63, 3.8) is 0 Å². The largest absolute Gasteiger partial charge is 0.393 e. The van der Waals surface area contributed by atoms with Gasteiger partial charge in [-0.3, -0.25) is 57.5 Å². The van der Waals surface area contributed by atoms with Gasteiger partial charge in [-0.1, -0.05) is 91.9 Å². The lowest BCUT2D eigenvalue weighted by atomic mass is 9.78. The lowest BCUT2D eigenvalue weighted by molar-refractivity contribution is -0.182. The Balaban J connectivity index is 1.27. The van der Waals surface area contributed by atoms with Crippen LogP contribution in [0.4, 0.5) is 13.2 Å². The van der Waals surface area contributed by atoms with E-state index in [1.54, 1.807) is 18.7 Å². The van der Waals surface area contributed by atoms with Crippen LogP contribution in [0, 0.1) is 35.5 Å². The van der Waals surface area contributed by atoms with Gasteiger partial charge in [0.1, 0.15) is 47.8 Å². The zero-order chi connectivity index (χ0) is 73.7. The van der Waals surface area contributed by atoms with Crippen LogP contribution >= 0.6 is 11.6 Å². The van der Waals surface area contributed by atoms with Crippen molar-refractivity contribution in [3.8, 4) is 0 Å². The molecule has 3 saturated heterocycles. The second-order valence-electron chi connectivity index (χ2n) is 31.1. The van der Waals surface area contributed by atoms with Gasteiger partial charge in [-0.15, -0.1) is 11.6 Å². The van der Waals surface area contributed by atoms with Gasteiger partial charge in [0.2, 0.25) is 70.9 Å². The Morgan fingerprint density at radius 1 is 0.560 bits per heavy atom. The zero-order valence-electron chi connectivity index (χ0n) is 61.4. The number of fused-ring (bicyclic) bond motifs is 1. The van der Waals surface area contributed by atoms with Crippen LogP contribution in [0.3, 0.4) is 0 Å². The minimum absolute atomic E-state index is 0.00303. The topological polar surface area (TPSA) is 270 Å². The molecular weight excluding hydrogens is 1320 g/mol. The third kappa shape index (κ3) is 20.5. The van der Waals surface area contributed by atoms with Crippen LogP contribution in [0.5, 0.6) is 0 Å². The fraction of sp³-hybridized carbons (Fsp3) is 0.833. The smallest absolute Gasteiger partial charge is 0.343 e. The summed E-state index contributed by atoms with van der Waals surface area (Å²) < 4.78 is 42.0. The van der Waals surface area contributed by atoms with E-state index >= 15 is 28.8 Å². The predicted octanol–water partition coefficient (Wildman–Crippen LogP) is 6.09. The van der Waals surface area contributed by atoms with Crippen molar-refractivity contribution in [2.75, 3.05) is 88.6 Å². The van der Waals surface area contributed by atoms with Crippen molar-refractivity contribution in [2.24, 2.45) is 35.5 Å². The highest BCUT2D eigenvalue weighted by Gasteiger charge is 2.52. The van der Waals surface area contributed by atoms with Crippen molar-refractivity contribution in [1.29, 1.82) is 0 Å². The van der Waals surface area contributed by atoms with Crippen LogP contribution in [0.2, 0.25) is 0 Å². The van der Waals surface area contributed by atoms with Crippen LogP contribution in [0.1, 0.15) is 201 Å². The second-order valence-corrected chi connectivity index (χ2v) is 31.7. The maximum Gasteiger partial charge on any atom is 0.393 e. The number of piperidine rings is 1. The number of hydrogen-bond donors (Lipinski definition) is 3. The molecule has 1 spiro atoms. The molecule has 3 N–H and O–H groups in total. The van der Waals surface area contributed by atoms with E-state index in [1.165, 1.54) is 73.8 Å². The molecule has 28 heteroatoms. The van der Waals surface area contributed by atoms with Crippen molar-refractivity contribution >= 4 is 82.5 Å². The van der Waals surface area contributed by atoms with Crippen LogP contribution in [-0.4, -0.2) is 263 Å². The van der Waals surface area contributed by atoms with Crippen LogP contribution in [0.25, 0.3) is 0 Å². The summed E-state index contributed by atoms with van der Waals surface area (Å²) in [6.07, 6.45) is 7.56. The normalized spacial score (nSPS) is 29.9. The molecule has 3 unspecified atom stereocenters. The quantitative estimate of drug-likeness (QED) is 0.210. The van der Waals surface area contributed by atoms with Gasteiger partial charge in [-0.25, -0.2) is 0 Å². The number of nitrogens with zero attached hydrogens (tertiary/aromatic N) is 9. The maximum absolute atomic E-state index is 15.8. The number of alkyl halides is 4. The van der Waals surface area contributed by atoms with Gasteiger partial charge >= 0.3 is 6.18 Å². The summed E-state index contributed by atoms with van der Waals surface area (Å²) in [7, 11) is 10.1. The van der Waals surface area contributed by atoms with Gasteiger partial charge < -0.3 is 60.0 Å².